The van der Waals surface area contributed by atoms with Crippen molar-refractivity contribution in [3.05, 3.63) is 71.5 Å². The van der Waals surface area contributed by atoms with Crippen molar-refractivity contribution in [2.45, 2.75) is 13.8 Å². The number of rotatable bonds is 5. The van der Waals surface area contributed by atoms with E-state index in [4.69, 9.17) is 9.15 Å². The first-order valence-electron chi connectivity index (χ1n) is 8.31. The number of aryl methyl sites for hydroxylation is 1. The monoisotopic (exact) mass is 349 g/mol. The quantitative estimate of drug-likeness (QED) is 0.541. The highest BCUT2D eigenvalue weighted by Crippen LogP contribution is 2.21. The minimum absolute atomic E-state index is 0.287. The fourth-order valence-electron chi connectivity index (χ4n) is 2.49. The van der Waals surface area contributed by atoms with Crippen molar-refractivity contribution in [2.24, 2.45) is 0 Å². The maximum Gasteiger partial charge on any atom is 0.338 e. The molecule has 0 bridgehead atoms. The van der Waals surface area contributed by atoms with Gasteiger partial charge in [-0.3, -0.25) is 4.79 Å². The lowest BCUT2D eigenvalue weighted by molar-refractivity contribution is -0.111. The molecule has 5 heteroatoms. The second-order valence-electron chi connectivity index (χ2n) is 5.81. The molecule has 2 aromatic carbocycles. The van der Waals surface area contributed by atoms with Crippen molar-refractivity contribution >= 4 is 34.6 Å². The van der Waals surface area contributed by atoms with Crippen LogP contribution in [-0.4, -0.2) is 18.5 Å². The molecule has 1 aromatic heterocycles. The lowest BCUT2D eigenvalue weighted by Crippen LogP contribution is -2.08. The van der Waals surface area contributed by atoms with E-state index in [1.807, 2.05) is 31.2 Å². The lowest BCUT2D eigenvalue weighted by atomic mass is 10.2. The van der Waals surface area contributed by atoms with Crippen LogP contribution in [-0.2, 0) is 9.53 Å². The van der Waals surface area contributed by atoms with Crippen molar-refractivity contribution in [2.75, 3.05) is 11.9 Å². The van der Waals surface area contributed by atoms with Crippen LogP contribution in [0.4, 0.5) is 5.69 Å². The second kappa shape index (κ2) is 7.70. The molecule has 0 aliphatic heterocycles. The molecule has 0 radical (unpaired) electrons. The number of benzene rings is 2. The zero-order chi connectivity index (χ0) is 18.5. The molecule has 26 heavy (non-hydrogen) atoms. The summed E-state index contributed by atoms with van der Waals surface area (Å²) in [6, 6.07) is 14.4. The topological polar surface area (TPSA) is 68.5 Å². The number of carbonyl (C=O) groups excluding carboxylic acids is 2. The SMILES string of the molecule is CCOC(=O)c1ccc(NC(=O)/C=C/c2cc3ccc(C)cc3o2)cc1. The summed E-state index contributed by atoms with van der Waals surface area (Å²) >= 11 is 0. The number of carbonyl (C=O) groups is 2. The molecular weight excluding hydrogens is 330 g/mol. The first-order chi connectivity index (χ1) is 12.5. The van der Waals surface area contributed by atoms with E-state index in [1.165, 1.54) is 6.08 Å². The molecular formula is C21H19NO4. The standard InChI is InChI=1S/C21H19NO4/c1-3-25-21(24)15-6-8-17(9-7-15)22-20(23)11-10-18-13-16-5-4-14(2)12-19(16)26-18/h4-13H,3H2,1-2H3,(H,22,23)/b11-10+. The van der Waals surface area contributed by atoms with Crippen molar-refractivity contribution in [3.8, 4) is 0 Å². The number of anilines is 1. The Kier molecular flexibility index (Phi) is 5.17. The van der Waals surface area contributed by atoms with Gasteiger partial charge in [0.05, 0.1) is 12.2 Å². The fraction of sp³-hybridized carbons (Fsp3) is 0.143. The Labute approximate surface area is 151 Å². The Morgan fingerprint density at radius 3 is 2.62 bits per heavy atom. The van der Waals surface area contributed by atoms with Crippen LogP contribution in [0.2, 0.25) is 0 Å². The Morgan fingerprint density at radius 1 is 1.12 bits per heavy atom. The maximum atomic E-state index is 12.0. The van der Waals surface area contributed by atoms with Gasteiger partial charge in [-0.15, -0.1) is 0 Å². The molecule has 1 N–H and O–H groups in total. The van der Waals surface area contributed by atoms with Crippen LogP contribution in [0, 0.1) is 6.92 Å². The summed E-state index contributed by atoms with van der Waals surface area (Å²) in [4.78, 5) is 23.6. The van der Waals surface area contributed by atoms with Gasteiger partial charge in [-0.25, -0.2) is 4.79 Å². The summed E-state index contributed by atoms with van der Waals surface area (Å²) < 4.78 is 10.6. The molecule has 3 aromatic rings. The highest BCUT2D eigenvalue weighted by atomic mass is 16.5. The number of nitrogens with one attached hydrogen (secondary N) is 1. The molecule has 1 amide bonds. The van der Waals surface area contributed by atoms with Gasteiger partial charge in [-0.05, 0) is 61.9 Å². The van der Waals surface area contributed by atoms with E-state index in [9.17, 15) is 9.59 Å². The third kappa shape index (κ3) is 4.19. The van der Waals surface area contributed by atoms with Crippen LogP contribution in [0.1, 0.15) is 28.6 Å². The van der Waals surface area contributed by atoms with Crippen molar-refractivity contribution in [1.82, 2.24) is 0 Å². The second-order valence-corrected chi connectivity index (χ2v) is 5.81. The molecule has 0 unspecified atom stereocenters. The van der Waals surface area contributed by atoms with Gasteiger partial charge in [-0.1, -0.05) is 12.1 Å². The molecule has 132 valence electrons. The largest absolute Gasteiger partial charge is 0.462 e. The predicted octanol–water partition coefficient (Wildman–Crippen LogP) is 4.57. The van der Waals surface area contributed by atoms with Crippen LogP contribution in [0.25, 0.3) is 17.0 Å². The summed E-state index contributed by atoms with van der Waals surface area (Å²) in [5, 5.41) is 3.72. The molecule has 5 nitrogen and oxygen atoms in total. The molecule has 0 aliphatic carbocycles. The van der Waals surface area contributed by atoms with Gasteiger partial charge in [-0.2, -0.15) is 0 Å². The third-order valence-corrected chi connectivity index (χ3v) is 3.76. The van der Waals surface area contributed by atoms with Crippen molar-refractivity contribution < 1.29 is 18.7 Å². The summed E-state index contributed by atoms with van der Waals surface area (Å²) in [5.74, 6) is -0.0608. The van der Waals surface area contributed by atoms with E-state index in [0.717, 1.165) is 16.5 Å². The number of ether oxygens (including phenoxy) is 1. The zero-order valence-electron chi connectivity index (χ0n) is 14.6. The van der Waals surface area contributed by atoms with E-state index in [0.29, 0.717) is 23.6 Å². The van der Waals surface area contributed by atoms with Gasteiger partial charge in [0.25, 0.3) is 0 Å². The summed E-state index contributed by atoms with van der Waals surface area (Å²) in [5.41, 5.74) is 2.94. The Balaban J connectivity index is 1.64. The first-order valence-corrected chi connectivity index (χ1v) is 8.31. The number of fused-ring (bicyclic) bond motifs is 1. The number of esters is 1. The molecule has 1 heterocycles. The van der Waals surface area contributed by atoms with Crippen molar-refractivity contribution in [3.63, 3.8) is 0 Å². The Morgan fingerprint density at radius 2 is 1.88 bits per heavy atom. The minimum atomic E-state index is -0.384. The van der Waals surface area contributed by atoms with E-state index in [-0.39, 0.29) is 11.9 Å². The third-order valence-electron chi connectivity index (χ3n) is 3.76. The maximum absolute atomic E-state index is 12.0. The van der Waals surface area contributed by atoms with Crippen LogP contribution >= 0.6 is 0 Å². The Hall–Kier alpha value is -3.34. The van der Waals surface area contributed by atoms with Gasteiger partial charge < -0.3 is 14.5 Å². The molecule has 0 aliphatic rings. The van der Waals surface area contributed by atoms with E-state index in [2.05, 4.69) is 5.32 Å². The highest BCUT2D eigenvalue weighted by Gasteiger charge is 2.06. The summed E-state index contributed by atoms with van der Waals surface area (Å²) in [6.07, 6.45) is 3.03. The molecule has 0 atom stereocenters. The molecule has 3 rings (SSSR count). The van der Waals surface area contributed by atoms with Crippen LogP contribution in [0.3, 0.4) is 0 Å². The predicted molar refractivity (Wildman–Crippen MR) is 101 cm³/mol. The molecule has 0 spiro atoms. The zero-order valence-corrected chi connectivity index (χ0v) is 14.6. The molecule has 0 saturated carbocycles. The van der Waals surface area contributed by atoms with Crippen LogP contribution < -0.4 is 5.32 Å². The van der Waals surface area contributed by atoms with Gasteiger partial charge in [0.2, 0.25) is 5.91 Å². The Bertz CT molecular complexity index is 967. The first kappa shape index (κ1) is 17.5. The summed E-state index contributed by atoms with van der Waals surface area (Å²) in [6.45, 7) is 4.07. The summed E-state index contributed by atoms with van der Waals surface area (Å²) in [7, 11) is 0. The van der Waals surface area contributed by atoms with Crippen molar-refractivity contribution in [1.29, 1.82) is 0 Å². The van der Waals surface area contributed by atoms with E-state index >= 15 is 0 Å². The average molecular weight is 349 g/mol. The number of amides is 1. The minimum Gasteiger partial charge on any atom is -0.462 e. The average Bonchev–Trinajstić information content (AvgIpc) is 3.03. The highest BCUT2D eigenvalue weighted by molar-refractivity contribution is 6.02. The number of furan rings is 1. The van der Waals surface area contributed by atoms with Crippen LogP contribution in [0.5, 0.6) is 0 Å². The fourth-order valence-corrected chi connectivity index (χ4v) is 2.49. The normalized spacial score (nSPS) is 11.0. The van der Waals surface area contributed by atoms with Gasteiger partial charge in [0, 0.05) is 17.1 Å². The van der Waals surface area contributed by atoms with Gasteiger partial charge in [0.15, 0.2) is 0 Å². The number of hydrogen-bond acceptors (Lipinski definition) is 4. The van der Waals surface area contributed by atoms with E-state index in [1.54, 1.807) is 37.3 Å². The lowest BCUT2D eigenvalue weighted by Gasteiger charge is -2.04. The van der Waals surface area contributed by atoms with E-state index < -0.39 is 0 Å². The van der Waals surface area contributed by atoms with Gasteiger partial charge >= 0.3 is 5.97 Å². The number of hydrogen-bond donors (Lipinski definition) is 1. The smallest absolute Gasteiger partial charge is 0.338 e. The molecule has 0 fully saturated rings. The molecule has 0 saturated heterocycles. The van der Waals surface area contributed by atoms with Crippen LogP contribution in [0.15, 0.2) is 59.0 Å². The van der Waals surface area contributed by atoms with Gasteiger partial charge in [0.1, 0.15) is 11.3 Å².